The van der Waals surface area contributed by atoms with Crippen molar-refractivity contribution in [2.45, 2.75) is 0 Å². The van der Waals surface area contributed by atoms with Gasteiger partial charge < -0.3 is 15.8 Å². The van der Waals surface area contributed by atoms with Crippen LogP contribution in [0.2, 0.25) is 0 Å². The summed E-state index contributed by atoms with van der Waals surface area (Å²) in [7, 11) is 0. The van der Waals surface area contributed by atoms with Crippen LogP contribution in [0.1, 0.15) is 0 Å². The van der Waals surface area contributed by atoms with Crippen molar-refractivity contribution in [3.05, 3.63) is 30.3 Å². The fourth-order valence-corrected chi connectivity index (χ4v) is 0.969. The number of hydrogen-bond donors (Lipinski definition) is 2. The lowest BCUT2D eigenvalue weighted by atomic mass is 10.3. The summed E-state index contributed by atoms with van der Waals surface area (Å²) in [5.74, 6) is 0. The Labute approximate surface area is 78.9 Å². The number of hydrogen-bond acceptors (Lipinski definition) is 3. The summed E-state index contributed by atoms with van der Waals surface area (Å²) in [6.07, 6.45) is 0. The smallest absolute Gasteiger partial charge is 0.0591 e. The summed E-state index contributed by atoms with van der Waals surface area (Å²) < 4.78 is 5.01. The molecule has 0 atom stereocenters. The molecule has 0 saturated carbocycles. The highest BCUT2D eigenvalue weighted by Gasteiger charge is 1.92. The average molecular weight is 180 g/mol. The van der Waals surface area contributed by atoms with Gasteiger partial charge in [-0.15, -0.1) is 0 Å². The molecule has 3 heteroatoms. The SMILES string of the molecule is C1COCCN1.Nc1ccccc1. The zero-order valence-electron chi connectivity index (χ0n) is 7.70. The van der Waals surface area contributed by atoms with E-state index in [4.69, 9.17) is 10.5 Å². The van der Waals surface area contributed by atoms with Gasteiger partial charge >= 0.3 is 0 Å². The zero-order valence-corrected chi connectivity index (χ0v) is 7.70. The summed E-state index contributed by atoms with van der Waals surface area (Å²) in [6.45, 7) is 3.83. The molecule has 0 spiro atoms. The molecule has 3 N–H and O–H groups in total. The van der Waals surface area contributed by atoms with E-state index in [0.29, 0.717) is 0 Å². The van der Waals surface area contributed by atoms with Crippen LogP contribution in [0.15, 0.2) is 30.3 Å². The molecule has 1 aromatic rings. The van der Waals surface area contributed by atoms with Crippen molar-refractivity contribution in [1.29, 1.82) is 0 Å². The summed E-state index contributed by atoms with van der Waals surface area (Å²) in [6, 6.07) is 9.49. The highest BCUT2D eigenvalue weighted by molar-refractivity contribution is 5.35. The van der Waals surface area contributed by atoms with Crippen LogP contribution in [0, 0.1) is 0 Å². The first-order valence-corrected chi connectivity index (χ1v) is 4.48. The number of nitrogen functional groups attached to an aromatic ring is 1. The quantitative estimate of drug-likeness (QED) is 0.582. The molecule has 2 rings (SSSR count). The maximum Gasteiger partial charge on any atom is 0.0591 e. The molecule has 0 aromatic heterocycles. The fraction of sp³-hybridized carbons (Fsp3) is 0.400. The third-order valence-electron chi connectivity index (χ3n) is 1.65. The van der Waals surface area contributed by atoms with Gasteiger partial charge in [0.15, 0.2) is 0 Å². The number of nitrogens with one attached hydrogen (secondary N) is 1. The second-order valence-electron chi connectivity index (χ2n) is 2.77. The summed E-state index contributed by atoms with van der Waals surface area (Å²) in [4.78, 5) is 0. The maximum atomic E-state index is 5.36. The summed E-state index contributed by atoms with van der Waals surface area (Å²) in [5, 5.41) is 3.16. The first-order chi connectivity index (χ1) is 6.39. The van der Waals surface area contributed by atoms with E-state index in [1.165, 1.54) is 0 Å². The Balaban J connectivity index is 0.000000132. The molecule has 0 bridgehead atoms. The lowest BCUT2D eigenvalue weighted by Crippen LogP contribution is -2.30. The van der Waals surface area contributed by atoms with Gasteiger partial charge in [0.2, 0.25) is 0 Å². The van der Waals surface area contributed by atoms with Crippen LogP contribution in [-0.4, -0.2) is 26.3 Å². The minimum Gasteiger partial charge on any atom is -0.399 e. The van der Waals surface area contributed by atoms with Gasteiger partial charge in [-0.1, -0.05) is 18.2 Å². The highest BCUT2D eigenvalue weighted by Crippen LogP contribution is 1.95. The van der Waals surface area contributed by atoms with Crippen molar-refractivity contribution in [1.82, 2.24) is 5.32 Å². The lowest BCUT2D eigenvalue weighted by Gasteiger charge is -2.10. The van der Waals surface area contributed by atoms with E-state index in [9.17, 15) is 0 Å². The first kappa shape index (κ1) is 10.0. The molecule has 1 aromatic carbocycles. The molecule has 3 nitrogen and oxygen atoms in total. The third kappa shape index (κ3) is 5.22. The summed E-state index contributed by atoms with van der Waals surface area (Å²) in [5.41, 5.74) is 6.18. The Morgan fingerprint density at radius 2 is 1.69 bits per heavy atom. The Kier molecular flexibility index (Phi) is 4.98. The number of para-hydroxylation sites is 1. The average Bonchev–Trinajstić information content (AvgIpc) is 2.22. The van der Waals surface area contributed by atoms with Gasteiger partial charge in [0.05, 0.1) is 13.2 Å². The van der Waals surface area contributed by atoms with Crippen LogP contribution in [0.5, 0.6) is 0 Å². The number of ether oxygens (including phenoxy) is 1. The van der Waals surface area contributed by atoms with Crippen molar-refractivity contribution < 1.29 is 4.74 Å². The minimum absolute atomic E-state index is 0.822. The van der Waals surface area contributed by atoms with Gasteiger partial charge in [-0.25, -0.2) is 0 Å². The van der Waals surface area contributed by atoms with Crippen LogP contribution in [-0.2, 0) is 4.74 Å². The molecule has 1 heterocycles. The standard InChI is InChI=1S/C6H7N.C4H9NO/c7-6-4-2-1-3-5-6;1-3-6-4-2-5-1/h1-5H,7H2;5H,1-4H2. The monoisotopic (exact) mass is 180 g/mol. The largest absolute Gasteiger partial charge is 0.399 e. The minimum atomic E-state index is 0.822. The Morgan fingerprint density at radius 1 is 1.08 bits per heavy atom. The Bertz CT molecular complexity index is 198. The van der Waals surface area contributed by atoms with Crippen molar-refractivity contribution >= 4 is 5.69 Å². The van der Waals surface area contributed by atoms with Gasteiger partial charge in [-0.2, -0.15) is 0 Å². The Morgan fingerprint density at radius 3 is 1.92 bits per heavy atom. The van der Waals surface area contributed by atoms with Gasteiger partial charge in [0.25, 0.3) is 0 Å². The first-order valence-electron chi connectivity index (χ1n) is 4.48. The Hall–Kier alpha value is -1.06. The van der Waals surface area contributed by atoms with Gasteiger partial charge in [0.1, 0.15) is 0 Å². The number of anilines is 1. The van der Waals surface area contributed by atoms with E-state index in [2.05, 4.69) is 5.32 Å². The number of nitrogens with two attached hydrogens (primary N) is 1. The van der Waals surface area contributed by atoms with Crippen LogP contribution in [0.3, 0.4) is 0 Å². The third-order valence-corrected chi connectivity index (χ3v) is 1.65. The molecule has 1 aliphatic rings. The van der Waals surface area contributed by atoms with Gasteiger partial charge in [0, 0.05) is 18.8 Å². The molecule has 1 fully saturated rings. The molecule has 0 radical (unpaired) electrons. The topological polar surface area (TPSA) is 47.3 Å². The van der Waals surface area contributed by atoms with Crippen LogP contribution >= 0.6 is 0 Å². The molecular weight excluding hydrogens is 164 g/mol. The molecule has 13 heavy (non-hydrogen) atoms. The number of morpholine rings is 1. The molecule has 0 amide bonds. The molecule has 0 aliphatic carbocycles. The van der Waals surface area contributed by atoms with E-state index >= 15 is 0 Å². The van der Waals surface area contributed by atoms with Crippen molar-refractivity contribution in [2.75, 3.05) is 32.0 Å². The van der Waals surface area contributed by atoms with Crippen molar-refractivity contribution in [3.8, 4) is 0 Å². The van der Waals surface area contributed by atoms with Crippen molar-refractivity contribution in [3.63, 3.8) is 0 Å². The fourth-order valence-electron chi connectivity index (χ4n) is 0.969. The number of rotatable bonds is 0. The zero-order chi connectivity index (χ0) is 9.36. The van der Waals surface area contributed by atoms with Crippen LogP contribution in [0.25, 0.3) is 0 Å². The molecular formula is C10H16N2O. The molecule has 1 aliphatic heterocycles. The highest BCUT2D eigenvalue weighted by atomic mass is 16.5. The molecule has 1 saturated heterocycles. The van der Waals surface area contributed by atoms with Crippen LogP contribution in [0.4, 0.5) is 5.69 Å². The second kappa shape index (κ2) is 6.46. The second-order valence-corrected chi connectivity index (χ2v) is 2.77. The van der Waals surface area contributed by atoms with Gasteiger partial charge in [-0.3, -0.25) is 0 Å². The van der Waals surface area contributed by atoms with E-state index in [0.717, 1.165) is 32.0 Å². The van der Waals surface area contributed by atoms with E-state index in [1.807, 2.05) is 30.3 Å². The molecule has 0 unspecified atom stereocenters. The van der Waals surface area contributed by atoms with Gasteiger partial charge in [-0.05, 0) is 12.1 Å². The lowest BCUT2D eigenvalue weighted by molar-refractivity contribution is 0.109. The predicted octanol–water partition coefficient (Wildman–Crippen LogP) is 0.875. The normalized spacial score (nSPS) is 15.7. The molecule has 72 valence electrons. The van der Waals surface area contributed by atoms with Crippen molar-refractivity contribution in [2.24, 2.45) is 0 Å². The maximum absolute atomic E-state index is 5.36. The van der Waals surface area contributed by atoms with E-state index in [-0.39, 0.29) is 0 Å². The van der Waals surface area contributed by atoms with E-state index in [1.54, 1.807) is 0 Å². The predicted molar refractivity (Wildman–Crippen MR) is 54.5 cm³/mol. The summed E-state index contributed by atoms with van der Waals surface area (Å²) >= 11 is 0. The number of benzene rings is 1. The van der Waals surface area contributed by atoms with E-state index < -0.39 is 0 Å². The van der Waals surface area contributed by atoms with Crippen LogP contribution < -0.4 is 11.1 Å².